The fourth-order valence-corrected chi connectivity index (χ4v) is 4.11. The number of carbonyl (C=O) groups excluding carboxylic acids is 1. The van der Waals surface area contributed by atoms with E-state index >= 15 is 0 Å². The van der Waals surface area contributed by atoms with Crippen LogP contribution in [0.25, 0.3) is 0 Å². The van der Waals surface area contributed by atoms with Crippen molar-refractivity contribution in [3.05, 3.63) is 46.2 Å². The predicted molar refractivity (Wildman–Crippen MR) is 124 cm³/mol. The zero-order valence-corrected chi connectivity index (χ0v) is 19.1. The average molecular weight is 447 g/mol. The fourth-order valence-electron chi connectivity index (χ4n) is 3.46. The Morgan fingerprint density at radius 3 is 2.58 bits per heavy atom. The summed E-state index contributed by atoms with van der Waals surface area (Å²) in [5, 5.41) is 9.68. The van der Waals surface area contributed by atoms with Crippen LogP contribution in [-0.2, 0) is 11.2 Å². The number of nitrogens with one attached hydrogen (secondary N) is 2. The number of aliphatic imine (C=N–C) groups is 1. The average Bonchev–Trinajstić information content (AvgIpc) is 3.19. The molecule has 168 valence electrons. The smallest absolute Gasteiger partial charge is 0.224 e. The summed E-state index contributed by atoms with van der Waals surface area (Å²) in [5.74, 6) is 0.613. The van der Waals surface area contributed by atoms with E-state index in [0.29, 0.717) is 26.1 Å². The van der Waals surface area contributed by atoms with Crippen LogP contribution >= 0.6 is 11.3 Å². The normalized spacial score (nSPS) is 14.6. The topological polar surface area (TPSA) is 72.9 Å². The Hall–Kier alpha value is -2.68. The number of hydrogen-bond donors (Lipinski definition) is 2. The van der Waals surface area contributed by atoms with Crippen LogP contribution in [0.15, 0.2) is 34.6 Å². The molecule has 0 radical (unpaired) electrons. The minimum Gasteiger partial charge on any atom is -0.368 e. The van der Waals surface area contributed by atoms with E-state index in [0.717, 1.165) is 54.9 Å². The Balaban J connectivity index is 1.39. The molecule has 7 nitrogen and oxygen atoms in total. The number of benzene rings is 1. The van der Waals surface area contributed by atoms with Crippen LogP contribution in [0.4, 0.5) is 10.1 Å². The van der Waals surface area contributed by atoms with E-state index < -0.39 is 0 Å². The molecule has 1 saturated heterocycles. The van der Waals surface area contributed by atoms with Gasteiger partial charge in [-0.3, -0.25) is 9.79 Å². The molecule has 2 N–H and O–H groups in total. The van der Waals surface area contributed by atoms with Gasteiger partial charge in [0, 0.05) is 63.2 Å². The molecule has 1 fully saturated rings. The molecular weight excluding hydrogens is 415 g/mol. The molecule has 1 amide bonds. The molecule has 0 aliphatic carbocycles. The van der Waals surface area contributed by atoms with Crippen molar-refractivity contribution in [3.63, 3.8) is 0 Å². The third kappa shape index (κ3) is 7.20. The van der Waals surface area contributed by atoms with Gasteiger partial charge in [0.1, 0.15) is 5.82 Å². The second kappa shape index (κ2) is 11.6. The minimum atomic E-state index is -0.234. The molecule has 1 aromatic carbocycles. The molecule has 31 heavy (non-hydrogen) atoms. The van der Waals surface area contributed by atoms with Gasteiger partial charge in [-0.1, -0.05) is 0 Å². The molecule has 3 rings (SSSR count). The fraction of sp³-hybridized carbons (Fsp3) is 0.500. The number of carbonyl (C=O) groups is 1. The van der Waals surface area contributed by atoms with Crippen LogP contribution in [0.3, 0.4) is 0 Å². The van der Waals surface area contributed by atoms with Crippen LogP contribution in [0, 0.1) is 12.7 Å². The van der Waals surface area contributed by atoms with E-state index in [2.05, 4.69) is 30.9 Å². The molecule has 2 aromatic rings. The maximum Gasteiger partial charge on any atom is 0.224 e. The zero-order chi connectivity index (χ0) is 22.1. The molecule has 2 heterocycles. The molecule has 1 aliphatic heterocycles. The highest BCUT2D eigenvalue weighted by Crippen LogP contribution is 2.17. The third-order valence-corrected chi connectivity index (χ3v) is 5.93. The van der Waals surface area contributed by atoms with Gasteiger partial charge in [-0.2, -0.15) is 0 Å². The maximum atomic E-state index is 13.1. The molecule has 0 spiro atoms. The van der Waals surface area contributed by atoms with Gasteiger partial charge in [-0.25, -0.2) is 9.37 Å². The molecule has 1 aromatic heterocycles. The first-order chi connectivity index (χ1) is 15.0. The summed E-state index contributed by atoms with van der Waals surface area (Å²) in [6.07, 6.45) is 1.23. The third-order valence-electron chi connectivity index (χ3n) is 5.10. The molecule has 0 bridgehead atoms. The highest BCUT2D eigenvalue weighted by Gasteiger charge is 2.21. The maximum absolute atomic E-state index is 13.1. The molecule has 1 aliphatic rings. The summed E-state index contributed by atoms with van der Waals surface area (Å²) >= 11 is 1.66. The van der Waals surface area contributed by atoms with Gasteiger partial charge in [-0.15, -0.1) is 11.3 Å². The Kier molecular flexibility index (Phi) is 8.63. The number of rotatable bonds is 8. The summed E-state index contributed by atoms with van der Waals surface area (Å²) in [4.78, 5) is 25.6. The first-order valence-electron chi connectivity index (χ1n) is 10.8. The van der Waals surface area contributed by atoms with Gasteiger partial charge in [0.05, 0.1) is 17.2 Å². The van der Waals surface area contributed by atoms with Gasteiger partial charge < -0.3 is 20.4 Å². The van der Waals surface area contributed by atoms with E-state index in [-0.39, 0.29) is 11.7 Å². The number of aromatic nitrogens is 1. The summed E-state index contributed by atoms with van der Waals surface area (Å²) < 4.78 is 13.1. The van der Waals surface area contributed by atoms with E-state index in [4.69, 9.17) is 0 Å². The van der Waals surface area contributed by atoms with Crippen LogP contribution < -0.4 is 15.5 Å². The monoisotopic (exact) mass is 446 g/mol. The minimum absolute atomic E-state index is 0.122. The lowest BCUT2D eigenvalue weighted by molar-refractivity contribution is -0.131. The highest BCUT2D eigenvalue weighted by atomic mass is 32.1. The van der Waals surface area contributed by atoms with Crippen LogP contribution in [-0.4, -0.2) is 67.6 Å². The number of amides is 1. The number of aryl methyl sites for hydroxylation is 1. The molecule has 9 heteroatoms. The van der Waals surface area contributed by atoms with Crippen molar-refractivity contribution in [1.29, 1.82) is 0 Å². The SMILES string of the molecule is CCNC(=NCCC(=O)N1CCN(c2ccc(F)cc2)CC1)NCCc1csc(C)n1. The largest absolute Gasteiger partial charge is 0.368 e. The number of thiazole rings is 1. The van der Waals surface area contributed by atoms with Crippen LogP contribution in [0.2, 0.25) is 0 Å². The van der Waals surface area contributed by atoms with Gasteiger partial charge in [0.2, 0.25) is 5.91 Å². The van der Waals surface area contributed by atoms with Crippen molar-refractivity contribution >= 4 is 28.9 Å². The van der Waals surface area contributed by atoms with Crippen molar-refractivity contribution in [3.8, 4) is 0 Å². The number of halogens is 1. The van der Waals surface area contributed by atoms with E-state index in [1.165, 1.54) is 12.1 Å². The number of hydrogen-bond acceptors (Lipinski definition) is 5. The van der Waals surface area contributed by atoms with Crippen molar-refractivity contribution in [2.24, 2.45) is 4.99 Å². The van der Waals surface area contributed by atoms with Crippen molar-refractivity contribution < 1.29 is 9.18 Å². The van der Waals surface area contributed by atoms with E-state index in [9.17, 15) is 9.18 Å². The van der Waals surface area contributed by atoms with E-state index in [1.54, 1.807) is 23.5 Å². The Bertz CT molecular complexity index is 861. The van der Waals surface area contributed by atoms with Crippen molar-refractivity contribution in [2.45, 2.75) is 26.7 Å². The van der Waals surface area contributed by atoms with Gasteiger partial charge in [-0.05, 0) is 38.1 Å². The molecule has 0 atom stereocenters. The molecule has 0 unspecified atom stereocenters. The van der Waals surface area contributed by atoms with Crippen LogP contribution in [0.1, 0.15) is 24.0 Å². The number of piperazine rings is 1. The zero-order valence-electron chi connectivity index (χ0n) is 18.2. The lowest BCUT2D eigenvalue weighted by Gasteiger charge is -2.36. The summed E-state index contributed by atoms with van der Waals surface area (Å²) in [6.45, 7) is 8.83. The summed E-state index contributed by atoms with van der Waals surface area (Å²) in [6, 6.07) is 6.51. The molecular formula is C22H31FN6OS. The number of guanidine groups is 1. The Labute approximate surface area is 187 Å². The lowest BCUT2D eigenvalue weighted by atomic mass is 10.2. The van der Waals surface area contributed by atoms with Gasteiger partial charge in [0.15, 0.2) is 5.96 Å². The van der Waals surface area contributed by atoms with E-state index in [1.807, 2.05) is 18.7 Å². The lowest BCUT2D eigenvalue weighted by Crippen LogP contribution is -2.49. The summed E-state index contributed by atoms with van der Waals surface area (Å²) in [5.41, 5.74) is 2.08. The number of nitrogens with zero attached hydrogens (tertiary/aromatic N) is 4. The van der Waals surface area contributed by atoms with Crippen molar-refractivity contribution in [1.82, 2.24) is 20.5 Å². The second-order valence-corrected chi connectivity index (χ2v) is 8.45. The Morgan fingerprint density at radius 1 is 1.19 bits per heavy atom. The van der Waals surface area contributed by atoms with Gasteiger partial charge in [0.25, 0.3) is 0 Å². The Morgan fingerprint density at radius 2 is 1.94 bits per heavy atom. The second-order valence-electron chi connectivity index (χ2n) is 7.39. The standard InChI is InChI=1S/C22H31FN6OS/c1-3-24-22(25-10-8-19-16-31-17(2)27-19)26-11-9-21(30)29-14-12-28(13-15-29)20-6-4-18(23)5-7-20/h4-7,16H,3,8-15H2,1-2H3,(H2,24,25,26). The van der Waals surface area contributed by atoms with Gasteiger partial charge >= 0.3 is 0 Å². The predicted octanol–water partition coefficient (Wildman–Crippen LogP) is 2.43. The summed E-state index contributed by atoms with van der Waals surface area (Å²) in [7, 11) is 0. The quantitative estimate of drug-likeness (QED) is 0.481. The molecule has 0 saturated carbocycles. The van der Waals surface area contributed by atoms with Crippen molar-refractivity contribution in [2.75, 3.05) is 50.7 Å². The first kappa shape index (κ1) is 23.0. The highest BCUT2D eigenvalue weighted by molar-refractivity contribution is 7.09. The number of anilines is 1. The first-order valence-corrected chi connectivity index (χ1v) is 11.6. The van der Waals surface area contributed by atoms with Crippen LogP contribution in [0.5, 0.6) is 0 Å².